The molecular weight excluding hydrogens is 430 g/mol. The molecule has 2 heterocycles. The van der Waals surface area contributed by atoms with Crippen LogP contribution in [0.25, 0.3) is 0 Å². The number of likely N-dealkylation sites (tertiary alicyclic amines) is 1. The van der Waals surface area contributed by atoms with E-state index in [-0.39, 0.29) is 34.8 Å². The Labute approximate surface area is 191 Å². The fourth-order valence-corrected chi connectivity index (χ4v) is 6.13. The van der Waals surface area contributed by atoms with Crippen LogP contribution in [0, 0.1) is 5.92 Å². The first-order valence-corrected chi connectivity index (χ1v) is 12.9. The Kier molecular flexibility index (Phi) is 7.95. The van der Waals surface area contributed by atoms with Crippen molar-refractivity contribution in [1.82, 2.24) is 14.1 Å². The van der Waals surface area contributed by atoms with Crippen molar-refractivity contribution in [3.8, 4) is 0 Å². The third-order valence-electron chi connectivity index (χ3n) is 6.29. The molecule has 2 amide bonds. The molecule has 2 aliphatic rings. The van der Waals surface area contributed by atoms with Gasteiger partial charge >= 0.3 is 0 Å². The lowest BCUT2D eigenvalue weighted by Crippen LogP contribution is -2.51. The Balaban J connectivity index is 1.64. The molecule has 0 spiro atoms. The highest BCUT2D eigenvalue weighted by atomic mass is 32.2. The molecule has 1 aromatic carbocycles. The normalized spacial score (nSPS) is 22.9. The topological polar surface area (TPSA) is 87.2 Å². The number of nitrogens with zero attached hydrogens (tertiary/aromatic N) is 3. The van der Waals surface area contributed by atoms with E-state index in [2.05, 4.69) is 0 Å². The van der Waals surface area contributed by atoms with Gasteiger partial charge in [-0.25, -0.2) is 8.42 Å². The molecule has 32 heavy (non-hydrogen) atoms. The van der Waals surface area contributed by atoms with Crippen LogP contribution in [0.2, 0.25) is 0 Å². The zero-order valence-corrected chi connectivity index (χ0v) is 20.3. The van der Waals surface area contributed by atoms with E-state index in [4.69, 9.17) is 4.74 Å². The van der Waals surface area contributed by atoms with Crippen LogP contribution in [0.15, 0.2) is 29.2 Å². The highest BCUT2D eigenvalue weighted by Crippen LogP contribution is 2.24. The first-order valence-electron chi connectivity index (χ1n) is 11.5. The zero-order valence-electron chi connectivity index (χ0n) is 19.5. The number of carbonyl (C=O) groups is 2. The van der Waals surface area contributed by atoms with E-state index in [1.54, 1.807) is 30.9 Å². The number of piperidine rings is 1. The molecule has 0 N–H and O–H groups in total. The SMILES string of the molecule is CCN(CC)S(=O)(=O)c1cccc(C(=O)N2CCC(C(=O)N3CC(C)OC(C)C3)CC2)c1. The quantitative estimate of drug-likeness (QED) is 0.643. The third-order valence-corrected chi connectivity index (χ3v) is 8.33. The van der Waals surface area contributed by atoms with Gasteiger partial charge in [-0.2, -0.15) is 4.31 Å². The van der Waals surface area contributed by atoms with Crippen molar-refractivity contribution < 1.29 is 22.7 Å². The molecule has 0 radical (unpaired) electrons. The van der Waals surface area contributed by atoms with Crippen LogP contribution in [0.5, 0.6) is 0 Å². The van der Waals surface area contributed by atoms with Crippen molar-refractivity contribution in [2.45, 2.75) is 57.6 Å². The molecule has 2 unspecified atom stereocenters. The second kappa shape index (κ2) is 10.3. The zero-order chi connectivity index (χ0) is 23.5. The first-order chi connectivity index (χ1) is 15.2. The van der Waals surface area contributed by atoms with Gasteiger partial charge in [0.05, 0.1) is 17.1 Å². The van der Waals surface area contributed by atoms with Crippen molar-refractivity contribution in [3.05, 3.63) is 29.8 Å². The lowest BCUT2D eigenvalue weighted by molar-refractivity contribution is -0.148. The Morgan fingerprint density at radius 1 is 1.03 bits per heavy atom. The van der Waals surface area contributed by atoms with Gasteiger partial charge in [-0.1, -0.05) is 19.9 Å². The molecule has 0 saturated carbocycles. The van der Waals surface area contributed by atoms with Gasteiger partial charge < -0.3 is 14.5 Å². The average Bonchev–Trinajstić information content (AvgIpc) is 2.78. The van der Waals surface area contributed by atoms with Gasteiger partial charge in [0.1, 0.15) is 0 Å². The summed E-state index contributed by atoms with van der Waals surface area (Å²) in [6, 6.07) is 6.25. The van der Waals surface area contributed by atoms with Gasteiger partial charge in [-0.15, -0.1) is 0 Å². The molecule has 2 atom stereocenters. The van der Waals surface area contributed by atoms with E-state index in [1.807, 2.05) is 18.7 Å². The fourth-order valence-electron chi connectivity index (χ4n) is 4.63. The number of morpholine rings is 1. The van der Waals surface area contributed by atoms with E-state index in [1.165, 1.54) is 16.4 Å². The average molecular weight is 466 g/mol. The summed E-state index contributed by atoms with van der Waals surface area (Å²) in [6.07, 6.45) is 1.29. The number of ether oxygens (including phenoxy) is 1. The van der Waals surface area contributed by atoms with Crippen LogP contribution in [-0.2, 0) is 19.6 Å². The van der Waals surface area contributed by atoms with Crippen molar-refractivity contribution in [2.75, 3.05) is 39.3 Å². The number of rotatable bonds is 6. The van der Waals surface area contributed by atoms with Gasteiger partial charge in [-0.3, -0.25) is 9.59 Å². The van der Waals surface area contributed by atoms with Gasteiger partial charge in [0.25, 0.3) is 5.91 Å². The molecule has 2 saturated heterocycles. The minimum absolute atomic E-state index is 0.0317. The van der Waals surface area contributed by atoms with Crippen LogP contribution in [0.3, 0.4) is 0 Å². The lowest BCUT2D eigenvalue weighted by atomic mass is 9.94. The van der Waals surface area contributed by atoms with Crippen molar-refractivity contribution in [3.63, 3.8) is 0 Å². The minimum Gasteiger partial charge on any atom is -0.372 e. The van der Waals surface area contributed by atoms with E-state index >= 15 is 0 Å². The van der Waals surface area contributed by atoms with Crippen LogP contribution in [-0.4, -0.2) is 85.8 Å². The van der Waals surface area contributed by atoms with E-state index in [0.717, 1.165) is 0 Å². The van der Waals surface area contributed by atoms with Crippen LogP contribution in [0.4, 0.5) is 0 Å². The van der Waals surface area contributed by atoms with Gasteiger partial charge in [-0.05, 0) is 44.9 Å². The summed E-state index contributed by atoms with van der Waals surface area (Å²) in [5.41, 5.74) is 0.360. The lowest BCUT2D eigenvalue weighted by Gasteiger charge is -2.39. The molecule has 2 aliphatic heterocycles. The second-order valence-corrected chi connectivity index (χ2v) is 10.6. The minimum atomic E-state index is -3.63. The molecule has 2 fully saturated rings. The van der Waals surface area contributed by atoms with Crippen LogP contribution < -0.4 is 0 Å². The summed E-state index contributed by atoms with van der Waals surface area (Å²) in [4.78, 5) is 29.8. The molecule has 1 aromatic rings. The Morgan fingerprint density at radius 2 is 1.62 bits per heavy atom. The smallest absolute Gasteiger partial charge is 0.253 e. The standard InChI is InChI=1S/C23H35N3O5S/c1-5-26(6-2)32(29,30)21-9-7-8-20(14-21)23(28)24-12-10-19(11-13-24)22(27)25-15-17(3)31-18(4)16-25/h7-9,14,17-19H,5-6,10-13,15-16H2,1-4H3. The summed E-state index contributed by atoms with van der Waals surface area (Å²) < 4.78 is 32.7. The Hall–Kier alpha value is -1.97. The maximum Gasteiger partial charge on any atom is 0.253 e. The number of sulfonamides is 1. The predicted octanol–water partition coefficient (Wildman–Crippen LogP) is 2.21. The molecule has 178 valence electrons. The van der Waals surface area contributed by atoms with Gasteiger partial charge in [0.15, 0.2) is 0 Å². The molecule has 0 aromatic heterocycles. The van der Waals surface area contributed by atoms with Gasteiger partial charge in [0, 0.05) is 50.7 Å². The van der Waals surface area contributed by atoms with E-state index in [0.29, 0.717) is 57.7 Å². The maximum atomic E-state index is 13.1. The summed E-state index contributed by atoms with van der Waals surface area (Å²) in [7, 11) is -3.63. The number of carbonyl (C=O) groups excluding carboxylic acids is 2. The molecule has 0 bridgehead atoms. The Bertz CT molecular complexity index is 913. The van der Waals surface area contributed by atoms with Gasteiger partial charge in [0.2, 0.25) is 15.9 Å². The monoisotopic (exact) mass is 465 g/mol. The molecule has 9 heteroatoms. The molecular formula is C23H35N3O5S. The first kappa shape index (κ1) is 24.7. The number of hydrogen-bond acceptors (Lipinski definition) is 5. The molecule has 3 rings (SSSR count). The van der Waals surface area contributed by atoms with E-state index < -0.39 is 10.0 Å². The summed E-state index contributed by atoms with van der Waals surface area (Å²) >= 11 is 0. The third kappa shape index (κ3) is 5.32. The summed E-state index contributed by atoms with van der Waals surface area (Å²) in [5.74, 6) is -0.140. The molecule has 8 nitrogen and oxygen atoms in total. The van der Waals surface area contributed by atoms with E-state index in [9.17, 15) is 18.0 Å². The molecule has 0 aliphatic carbocycles. The largest absolute Gasteiger partial charge is 0.372 e. The fraction of sp³-hybridized carbons (Fsp3) is 0.652. The summed E-state index contributed by atoms with van der Waals surface area (Å²) in [5, 5.41) is 0. The number of hydrogen-bond donors (Lipinski definition) is 0. The summed E-state index contributed by atoms with van der Waals surface area (Å²) in [6.45, 7) is 10.5. The number of benzene rings is 1. The maximum absolute atomic E-state index is 13.1. The highest BCUT2D eigenvalue weighted by molar-refractivity contribution is 7.89. The second-order valence-electron chi connectivity index (χ2n) is 8.68. The van der Waals surface area contributed by atoms with Crippen molar-refractivity contribution in [2.24, 2.45) is 5.92 Å². The Morgan fingerprint density at radius 3 is 2.19 bits per heavy atom. The van der Waals surface area contributed by atoms with Crippen molar-refractivity contribution >= 4 is 21.8 Å². The van der Waals surface area contributed by atoms with Crippen LogP contribution >= 0.6 is 0 Å². The van der Waals surface area contributed by atoms with Crippen LogP contribution in [0.1, 0.15) is 50.9 Å². The highest BCUT2D eigenvalue weighted by Gasteiger charge is 2.34. The number of amides is 2. The predicted molar refractivity (Wildman–Crippen MR) is 122 cm³/mol. The van der Waals surface area contributed by atoms with Crippen molar-refractivity contribution in [1.29, 1.82) is 0 Å².